The molecule has 164 valence electrons. The standard InChI is InChI=1S/C23H27N3O4S/c1-3-29-22(28)19(14-16-8-5-4-6-9-16)25-21(27)17-10-11-20-18(15-17)26-23(30-20)31-13-7-12-24-2/h4-6,8-11,15,19,24H,3,7,12-14H2,1-2H3,(H,25,27)/t19-/m1/s1. The summed E-state index contributed by atoms with van der Waals surface area (Å²) in [6.45, 7) is 2.92. The molecule has 1 amide bonds. The number of hydrogen-bond acceptors (Lipinski definition) is 7. The van der Waals surface area contributed by atoms with Gasteiger partial charge in [-0.15, -0.1) is 0 Å². The van der Waals surface area contributed by atoms with Gasteiger partial charge in [0.15, 0.2) is 5.58 Å². The molecule has 1 heterocycles. The van der Waals surface area contributed by atoms with E-state index in [0.717, 1.165) is 24.3 Å². The summed E-state index contributed by atoms with van der Waals surface area (Å²) in [5.74, 6) is 0.0754. The fourth-order valence-electron chi connectivity index (χ4n) is 3.05. The van der Waals surface area contributed by atoms with E-state index in [0.29, 0.717) is 28.3 Å². The number of oxazole rings is 1. The van der Waals surface area contributed by atoms with E-state index in [9.17, 15) is 9.59 Å². The van der Waals surface area contributed by atoms with Gasteiger partial charge in [-0.2, -0.15) is 0 Å². The summed E-state index contributed by atoms with van der Waals surface area (Å²) in [6.07, 6.45) is 1.36. The van der Waals surface area contributed by atoms with Crippen molar-refractivity contribution in [2.45, 2.75) is 31.0 Å². The van der Waals surface area contributed by atoms with E-state index in [2.05, 4.69) is 15.6 Å². The highest BCUT2D eigenvalue weighted by atomic mass is 32.2. The normalized spacial score (nSPS) is 11.9. The van der Waals surface area contributed by atoms with Crippen LogP contribution in [0.15, 0.2) is 58.2 Å². The van der Waals surface area contributed by atoms with Gasteiger partial charge in [0.1, 0.15) is 11.6 Å². The molecule has 1 aromatic heterocycles. The summed E-state index contributed by atoms with van der Waals surface area (Å²) >= 11 is 1.54. The molecule has 31 heavy (non-hydrogen) atoms. The van der Waals surface area contributed by atoms with Gasteiger partial charge in [-0.25, -0.2) is 9.78 Å². The second-order valence-corrected chi connectivity index (χ2v) is 7.98. The van der Waals surface area contributed by atoms with Crippen LogP contribution in [0.3, 0.4) is 0 Å². The Bertz CT molecular complexity index is 1010. The van der Waals surface area contributed by atoms with Crippen LogP contribution in [0.5, 0.6) is 0 Å². The number of benzene rings is 2. The summed E-state index contributed by atoms with van der Waals surface area (Å²) in [7, 11) is 1.92. The summed E-state index contributed by atoms with van der Waals surface area (Å²) in [5, 5.41) is 6.49. The Morgan fingerprint density at radius 3 is 2.74 bits per heavy atom. The molecule has 1 atom stereocenters. The lowest BCUT2D eigenvalue weighted by molar-refractivity contribution is -0.145. The van der Waals surface area contributed by atoms with E-state index in [4.69, 9.17) is 9.15 Å². The number of nitrogens with one attached hydrogen (secondary N) is 2. The number of esters is 1. The van der Waals surface area contributed by atoms with Crippen molar-refractivity contribution >= 4 is 34.7 Å². The van der Waals surface area contributed by atoms with Crippen LogP contribution in [-0.2, 0) is 16.0 Å². The highest BCUT2D eigenvalue weighted by Gasteiger charge is 2.23. The van der Waals surface area contributed by atoms with Gasteiger partial charge in [0.25, 0.3) is 11.1 Å². The van der Waals surface area contributed by atoms with E-state index < -0.39 is 12.0 Å². The quantitative estimate of drug-likeness (QED) is 0.267. The fourth-order valence-corrected chi connectivity index (χ4v) is 3.82. The van der Waals surface area contributed by atoms with Gasteiger partial charge >= 0.3 is 5.97 Å². The van der Waals surface area contributed by atoms with Crippen molar-refractivity contribution in [3.8, 4) is 0 Å². The van der Waals surface area contributed by atoms with Crippen molar-refractivity contribution in [2.75, 3.05) is 26.0 Å². The zero-order valence-electron chi connectivity index (χ0n) is 17.7. The minimum atomic E-state index is -0.777. The van der Waals surface area contributed by atoms with Gasteiger partial charge in [-0.1, -0.05) is 42.1 Å². The Morgan fingerprint density at radius 1 is 1.19 bits per heavy atom. The Balaban J connectivity index is 1.70. The Kier molecular flexibility index (Phi) is 8.49. The number of amides is 1. The molecule has 0 aliphatic heterocycles. The van der Waals surface area contributed by atoms with E-state index in [-0.39, 0.29) is 12.5 Å². The average Bonchev–Trinajstić information content (AvgIpc) is 3.19. The van der Waals surface area contributed by atoms with Crippen LogP contribution in [-0.4, -0.2) is 48.9 Å². The van der Waals surface area contributed by atoms with Crippen molar-refractivity contribution in [1.82, 2.24) is 15.6 Å². The molecule has 3 aromatic rings. The third-order valence-electron chi connectivity index (χ3n) is 4.59. The van der Waals surface area contributed by atoms with Crippen LogP contribution >= 0.6 is 11.8 Å². The fraction of sp³-hybridized carbons (Fsp3) is 0.348. The Labute approximate surface area is 185 Å². The van der Waals surface area contributed by atoms with E-state index in [1.165, 1.54) is 0 Å². The zero-order valence-corrected chi connectivity index (χ0v) is 18.5. The first-order valence-corrected chi connectivity index (χ1v) is 11.3. The number of carbonyl (C=O) groups excluding carboxylic acids is 2. The SMILES string of the molecule is CCOC(=O)[C@@H](Cc1ccccc1)NC(=O)c1ccc2oc(SCCCNC)nc2c1. The first-order chi connectivity index (χ1) is 15.1. The van der Waals surface area contributed by atoms with Crippen molar-refractivity contribution in [2.24, 2.45) is 0 Å². The number of hydrogen-bond donors (Lipinski definition) is 2. The molecule has 3 rings (SSSR count). The van der Waals surface area contributed by atoms with Crippen molar-refractivity contribution < 1.29 is 18.7 Å². The molecule has 0 saturated carbocycles. The number of aromatic nitrogens is 1. The van der Waals surface area contributed by atoms with Gasteiger partial charge in [0.05, 0.1) is 6.61 Å². The van der Waals surface area contributed by atoms with E-state index >= 15 is 0 Å². The molecular weight excluding hydrogens is 414 g/mol. The van der Waals surface area contributed by atoms with E-state index in [1.54, 1.807) is 36.9 Å². The maximum atomic E-state index is 12.9. The molecule has 7 nitrogen and oxygen atoms in total. The van der Waals surface area contributed by atoms with Crippen LogP contribution in [0.25, 0.3) is 11.1 Å². The maximum absolute atomic E-state index is 12.9. The summed E-state index contributed by atoms with van der Waals surface area (Å²) in [6, 6.07) is 13.8. The second-order valence-electron chi connectivity index (χ2n) is 6.94. The van der Waals surface area contributed by atoms with Crippen molar-refractivity contribution in [3.63, 3.8) is 0 Å². The number of thioether (sulfide) groups is 1. The minimum absolute atomic E-state index is 0.250. The summed E-state index contributed by atoms with van der Waals surface area (Å²) < 4.78 is 10.9. The molecule has 2 aromatic carbocycles. The van der Waals surface area contributed by atoms with Gasteiger partial charge in [-0.3, -0.25) is 4.79 Å². The molecule has 0 spiro atoms. The monoisotopic (exact) mass is 441 g/mol. The predicted octanol–water partition coefficient (Wildman–Crippen LogP) is 3.43. The largest absolute Gasteiger partial charge is 0.464 e. The van der Waals surface area contributed by atoms with Crippen LogP contribution in [0.2, 0.25) is 0 Å². The maximum Gasteiger partial charge on any atom is 0.328 e. The molecule has 0 bridgehead atoms. The number of carbonyl (C=O) groups is 2. The first kappa shape index (κ1) is 22.8. The van der Waals surface area contributed by atoms with Gasteiger partial charge < -0.3 is 19.8 Å². The zero-order chi connectivity index (χ0) is 22.1. The van der Waals surface area contributed by atoms with Gasteiger partial charge in [-0.05, 0) is 50.7 Å². The molecule has 2 N–H and O–H groups in total. The highest BCUT2D eigenvalue weighted by Crippen LogP contribution is 2.24. The number of rotatable bonds is 11. The predicted molar refractivity (Wildman–Crippen MR) is 121 cm³/mol. The highest BCUT2D eigenvalue weighted by molar-refractivity contribution is 7.99. The molecule has 8 heteroatoms. The molecule has 0 aliphatic carbocycles. The summed E-state index contributed by atoms with van der Waals surface area (Å²) in [4.78, 5) is 29.7. The van der Waals surface area contributed by atoms with Crippen LogP contribution in [0.4, 0.5) is 0 Å². The van der Waals surface area contributed by atoms with E-state index in [1.807, 2.05) is 37.4 Å². The van der Waals surface area contributed by atoms with Crippen molar-refractivity contribution in [3.05, 3.63) is 59.7 Å². The molecule has 0 radical (unpaired) electrons. The van der Waals surface area contributed by atoms with Crippen LogP contribution in [0, 0.1) is 0 Å². The first-order valence-electron chi connectivity index (χ1n) is 10.3. The number of ether oxygens (including phenoxy) is 1. The molecular formula is C23H27N3O4S. The van der Waals surface area contributed by atoms with Gasteiger partial charge in [0.2, 0.25) is 0 Å². The number of fused-ring (bicyclic) bond motifs is 1. The average molecular weight is 442 g/mol. The van der Waals surface area contributed by atoms with Crippen LogP contribution in [0.1, 0.15) is 29.3 Å². The van der Waals surface area contributed by atoms with Gasteiger partial charge in [0, 0.05) is 17.7 Å². The number of nitrogens with zero attached hydrogens (tertiary/aromatic N) is 1. The molecule has 0 unspecified atom stereocenters. The lowest BCUT2D eigenvalue weighted by Gasteiger charge is -2.17. The minimum Gasteiger partial charge on any atom is -0.464 e. The Morgan fingerprint density at radius 2 is 2.00 bits per heavy atom. The van der Waals surface area contributed by atoms with Crippen LogP contribution < -0.4 is 10.6 Å². The molecule has 0 saturated heterocycles. The second kappa shape index (κ2) is 11.5. The third kappa shape index (κ3) is 6.57. The lowest BCUT2D eigenvalue weighted by atomic mass is 10.1. The third-order valence-corrected chi connectivity index (χ3v) is 5.50. The molecule has 0 fully saturated rings. The Hall–Kier alpha value is -2.84. The topological polar surface area (TPSA) is 93.5 Å². The lowest BCUT2D eigenvalue weighted by Crippen LogP contribution is -2.43. The van der Waals surface area contributed by atoms with Crippen molar-refractivity contribution in [1.29, 1.82) is 0 Å². The smallest absolute Gasteiger partial charge is 0.328 e. The summed E-state index contributed by atoms with van der Waals surface area (Å²) in [5.41, 5.74) is 2.58. The molecule has 0 aliphatic rings.